The highest BCUT2D eigenvalue weighted by Crippen LogP contribution is 2.29. The van der Waals surface area contributed by atoms with Crippen molar-refractivity contribution in [2.45, 2.75) is 32.2 Å². The van der Waals surface area contributed by atoms with E-state index in [0.29, 0.717) is 18.4 Å². The Morgan fingerprint density at radius 2 is 1.84 bits per heavy atom. The molecule has 106 valence electrons. The lowest BCUT2D eigenvalue weighted by Crippen LogP contribution is -2.38. The lowest BCUT2D eigenvalue weighted by Gasteiger charge is -2.24. The van der Waals surface area contributed by atoms with Crippen LogP contribution < -0.4 is 5.32 Å². The third kappa shape index (κ3) is 4.05. The van der Waals surface area contributed by atoms with Crippen LogP contribution in [0.4, 0.5) is 0 Å². The van der Waals surface area contributed by atoms with Gasteiger partial charge in [0.15, 0.2) is 0 Å². The van der Waals surface area contributed by atoms with Gasteiger partial charge < -0.3 is 5.32 Å². The second-order valence-corrected chi connectivity index (χ2v) is 7.78. The standard InChI is InChI=1S/C15H23NO2S/c1-3-16-15(8-9-19(2,17)18)14-10-12-6-4-5-7-13(12)11-14/h4-7,14-16H,3,8-11H2,1-2H3. The van der Waals surface area contributed by atoms with Gasteiger partial charge in [-0.15, -0.1) is 0 Å². The van der Waals surface area contributed by atoms with E-state index in [2.05, 4.69) is 36.5 Å². The lowest BCUT2D eigenvalue weighted by atomic mass is 9.94. The summed E-state index contributed by atoms with van der Waals surface area (Å²) in [7, 11) is -2.87. The minimum Gasteiger partial charge on any atom is -0.314 e. The van der Waals surface area contributed by atoms with Gasteiger partial charge >= 0.3 is 0 Å². The summed E-state index contributed by atoms with van der Waals surface area (Å²) in [6.07, 6.45) is 4.17. The molecule has 0 aliphatic heterocycles. The van der Waals surface area contributed by atoms with Crippen molar-refractivity contribution in [2.24, 2.45) is 5.92 Å². The van der Waals surface area contributed by atoms with Crippen molar-refractivity contribution in [1.82, 2.24) is 5.32 Å². The van der Waals surface area contributed by atoms with Gasteiger partial charge in [-0.1, -0.05) is 31.2 Å². The van der Waals surface area contributed by atoms with E-state index >= 15 is 0 Å². The predicted octanol–water partition coefficient (Wildman–Crippen LogP) is 1.81. The summed E-state index contributed by atoms with van der Waals surface area (Å²) in [6, 6.07) is 8.84. The molecule has 1 unspecified atom stereocenters. The summed E-state index contributed by atoms with van der Waals surface area (Å²) in [4.78, 5) is 0. The van der Waals surface area contributed by atoms with Crippen LogP contribution >= 0.6 is 0 Å². The van der Waals surface area contributed by atoms with Crippen molar-refractivity contribution < 1.29 is 8.42 Å². The second kappa shape index (κ2) is 6.06. The third-order valence-corrected chi connectivity index (χ3v) is 4.89. The van der Waals surface area contributed by atoms with Crippen LogP contribution in [-0.4, -0.2) is 33.0 Å². The van der Waals surface area contributed by atoms with E-state index in [1.807, 2.05) is 0 Å². The largest absolute Gasteiger partial charge is 0.314 e. The summed E-state index contributed by atoms with van der Waals surface area (Å²) in [5.74, 6) is 0.802. The van der Waals surface area contributed by atoms with E-state index in [9.17, 15) is 8.42 Å². The zero-order chi connectivity index (χ0) is 13.9. The molecular formula is C15H23NO2S. The van der Waals surface area contributed by atoms with Gasteiger partial charge in [-0.3, -0.25) is 0 Å². The Kier molecular flexibility index (Phi) is 4.63. The average molecular weight is 281 g/mol. The Bertz CT molecular complexity index is 500. The summed E-state index contributed by atoms with van der Waals surface area (Å²) < 4.78 is 22.7. The van der Waals surface area contributed by atoms with Crippen LogP contribution in [0.25, 0.3) is 0 Å². The number of sulfone groups is 1. The van der Waals surface area contributed by atoms with Gasteiger partial charge in [0.1, 0.15) is 9.84 Å². The minimum atomic E-state index is -2.87. The fraction of sp³-hybridized carbons (Fsp3) is 0.600. The van der Waals surface area contributed by atoms with Gasteiger partial charge in [0, 0.05) is 12.3 Å². The molecule has 1 aromatic rings. The van der Waals surface area contributed by atoms with E-state index in [1.165, 1.54) is 17.4 Å². The topological polar surface area (TPSA) is 46.2 Å². The van der Waals surface area contributed by atoms with E-state index in [0.717, 1.165) is 19.4 Å². The number of fused-ring (bicyclic) bond motifs is 1. The molecule has 0 heterocycles. The molecule has 1 aliphatic rings. The van der Waals surface area contributed by atoms with Crippen LogP contribution in [0.5, 0.6) is 0 Å². The van der Waals surface area contributed by atoms with Crippen molar-refractivity contribution in [3.8, 4) is 0 Å². The van der Waals surface area contributed by atoms with Crippen LogP contribution in [0.15, 0.2) is 24.3 Å². The van der Waals surface area contributed by atoms with Gasteiger partial charge in [-0.2, -0.15) is 0 Å². The first kappa shape index (κ1) is 14.5. The molecule has 0 amide bonds. The molecule has 1 aliphatic carbocycles. The molecule has 0 fully saturated rings. The fourth-order valence-corrected chi connectivity index (χ4v) is 3.67. The number of hydrogen-bond acceptors (Lipinski definition) is 3. The van der Waals surface area contributed by atoms with Crippen LogP contribution in [0.1, 0.15) is 24.5 Å². The molecule has 4 heteroatoms. The van der Waals surface area contributed by atoms with Crippen LogP contribution in [-0.2, 0) is 22.7 Å². The van der Waals surface area contributed by atoms with Gasteiger partial charge in [-0.25, -0.2) is 8.42 Å². The molecule has 2 rings (SSSR count). The molecule has 0 spiro atoms. The maximum absolute atomic E-state index is 11.3. The zero-order valence-electron chi connectivity index (χ0n) is 11.7. The molecule has 1 N–H and O–H groups in total. The molecule has 0 bridgehead atoms. The molecule has 0 saturated heterocycles. The molecule has 1 aromatic carbocycles. The lowest BCUT2D eigenvalue weighted by molar-refractivity contribution is 0.361. The van der Waals surface area contributed by atoms with Crippen molar-refractivity contribution in [1.29, 1.82) is 0 Å². The Morgan fingerprint density at radius 1 is 1.26 bits per heavy atom. The highest BCUT2D eigenvalue weighted by molar-refractivity contribution is 7.90. The Balaban J connectivity index is 2.02. The number of rotatable bonds is 6. The monoisotopic (exact) mass is 281 g/mol. The first-order chi connectivity index (χ1) is 8.99. The van der Waals surface area contributed by atoms with E-state index in [-0.39, 0.29) is 5.75 Å². The highest BCUT2D eigenvalue weighted by atomic mass is 32.2. The van der Waals surface area contributed by atoms with Gasteiger partial charge in [0.05, 0.1) is 5.75 Å². The fourth-order valence-electron chi connectivity index (χ4n) is 2.99. The van der Waals surface area contributed by atoms with E-state index in [4.69, 9.17) is 0 Å². The van der Waals surface area contributed by atoms with Crippen LogP contribution in [0.2, 0.25) is 0 Å². The molecular weight excluding hydrogens is 258 g/mol. The number of nitrogens with one attached hydrogen (secondary N) is 1. The molecule has 3 nitrogen and oxygen atoms in total. The first-order valence-corrected chi connectivity index (χ1v) is 9.03. The Hall–Kier alpha value is -0.870. The molecule has 0 saturated carbocycles. The third-order valence-electron chi connectivity index (χ3n) is 3.92. The summed E-state index contributed by atoms with van der Waals surface area (Å²) in [6.45, 7) is 2.97. The summed E-state index contributed by atoms with van der Waals surface area (Å²) in [5.41, 5.74) is 2.85. The van der Waals surface area contributed by atoms with Crippen molar-refractivity contribution >= 4 is 9.84 Å². The Labute approximate surface area is 116 Å². The van der Waals surface area contributed by atoms with Gasteiger partial charge in [-0.05, 0) is 42.9 Å². The van der Waals surface area contributed by atoms with Crippen LogP contribution in [0.3, 0.4) is 0 Å². The van der Waals surface area contributed by atoms with Crippen molar-refractivity contribution in [3.63, 3.8) is 0 Å². The Morgan fingerprint density at radius 3 is 2.32 bits per heavy atom. The normalized spacial score (nSPS) is 17.4. The van der Waals surface area contributed by atoms with Gasteiger partial charge in [0.25, 0.3) is 0 Å². The minimum absolute atomic E-state index is 0.275. The van der Waals surface area contributed by atoms with Crippen molar-refractivity contribution in [2.75, 3.05) is 18.6 Å². The predicted molar refractivity (Wildman–Crippen MR) is 79.1 cm³/mol. The van der Waals surface area contributed by atoms with E-state index in [1.54, 1.807) is 0 Å². The number of hydrogen-bond donors (Lipinski definition) is 1. The maximum Gasteiger partial charge on any atom is 0.147 e. The molecule has 19 heavy (non-hydrogen) atoms. The van der Waals surface area contributed by atoms with Crippen LogP contribution in [0, 0.1) is 5.92 Å². The maximum atomic E-state index is 11.3. The van der Waals surface area contributed by atoms with Gasteiger partial charge in [0.2, 0.25) is 0 Å². The quantitative estimate of drug-likeness (QED) is 0.865. The molecule has 1 atom stereocenters. The second-order valence-electron chi connectivity index (χ2n) is 5.52. The smallest absolute Gasteiger partial charge is 0.147 e. The average Bonchev–Trinajstić information content (AvgIpc) is 2.76. The zero-order valence-corrected chi connectivity index (χ0v) is 12.5. The highest BCUT2D eigenvalue weighted by Gasteiger charge is 2.28. The summed E-state index contributed by atoms with van der Waals surface area (Å²) >= 11 is 0. The molecule has 0 aromatic heterocycles. The van der Waals surface area contributed by atoms with E-state index < -0.39 is 9.84 Å². The number of benzene rings is 1. The summed E-state index contributed by atoms with van der Waals surface area (Å²) in [5, 5.41) is 3.47. The van der Waals surface area contributed by atoms with Crippen molar-refractivity contribution in [3.05, 3.63) is 35.4 Å². The SMILES string of the molecule is CCNC(CCS(C)(=O)=O)C1Cc2ccccc2C1. The molecule has 0 radical (unpaired) electrons. The first-order valence-electron chi connectivity index (χ1n) is 6.97.